The fourth-order valence-electron chi connectivity index (χ4n) is 2.63. The molecule has 0 aliphatic carbocycles. The third-order valence-corrected chi connectivity index (χ3v) is 3.49. The minimum Gasteiger partial charge on any atom is -0.275 e. The number of para-hydroxylation sites is 2. The Balaban J connectivity index is 2.43. The number of hydrogen-bond acceptors (Lipinski definition) is 4. The van der Waals surface area contributed by atoms with Gasteiger partial charge in [0.2, 0.25) is 5.82 Å². The predicted molar refractivity (Wildman–Crippen MR) is 78.7 cm³/mol. The first-order valence-electron chi connectivity index (χ1n) is 6.70. The van der Waals surface area contributed by atoms with Crippen LogP contribution in [-0.2, 0) is 6.54 Å². The molecule has 7 nitrogen and oxygen atoms in total. The molecule has 0 aliphatic rings. The molecule has 0 amide bonds. The van der Waals surface area contributed by atoms with E-state index in [0.717, 1.165) is 11.0 Å². The largest absolute Gasteiger partial charge is 0.334 e. The van der Waals surface area contributed by atoms with Crippen LogP contribution in [0.2, 0.25) is 0 Å². The molecule has 1 aromatic carbocycles. The van der Waals surface area contributed by atoms with Crippen molar-refractivity contribution in [1.29, 1.82) is 0 Å². The molecule has 0 bridgehead atoms. The summed E-state index contributed by atoms with van der Waals surface area (Å²) in [6.07, 6.45) is 0. The van der Waals surface area contributed by atoms with E-state index < -0.39 is 0 Å². The first kappa shape index (κ1) is 13.3. The van der Waals surface area contributed by atoms with Crippen molar-refractivity contribution in [2.24, 2.45) is 0 Å². The minimum absolute atomic E-state index is 0.0307. The topological polar surface area (TPSA) is 78.8 Å². The van der Waals surface area contributed by atoms with Crippen LogP contribution in [0, 0.1) is 24.0 Å². The Hall–Kier alpha value is -2.70. The highest BCUT2D eigenvalue weighted by atomic mass is 16.6. The lowest BCUT2D eigenvalue weighted by molar-refractivity contribution is -0.385. The summed E-state index contributed by atoms with van der Waals surface area (Å²) in [5.41, 5.74) is 2.09. The van der Waals surface area contributed by atoms with Crippen LogP contribution in [0.1, 0.15) is 18.4 Å². The van der Waals surface area contributed by atoms with Gasteiger partial charge in [-0.05, 0) is 32.9 Å². The van der Waals surface area contributed by atoms with Crippen LogP contribution in [0.4, 0.5) is 5.69 Å². The van der Waals surface area contributed by atoms with Gasteiger partial charge < -0.3 is 0 Å². The summed E-state index contributed by atoms with van der Waals surface area (Å²) in [4.78, 5) is 15.5. The van der Waals surface area contributed by atoms with Gasteiger partial charge in [-0.3, -0.25) is 14.7 Å². The normalized spacial score (nSPS) is 11.2. The highest BCUT2D eigenvalue weighted by Crippen LogP contribution is 2.30. The number of fused-ring (bicyclic) bond motifs is 1. The summed E-state index contributed by atoms with van der Waals surface area (Å²) < 4.78 is 3.45. The molecule has 0 spiro atoms. The molecule has 0 unspecified atom stereocenters. The van der Waals surface area contributed by atoms with Crippen molar-refractivity contribution < 1.29 is 4.92 Å². The maximum atomic E-state index is 11.4. The minimum atomic E-state index is -0.377. The number of nitrogens with zero attached hydrogens (tertiary/aromatic N) is 5. The van der Waals surface area contributed by atoms with E-state index in [-0.39, 0.29) is 10.6 Å². The number of rotatable bonds is 3. The van der Waals surface area contributed by atoms with Crippen LogP contribution < -0.4 is 0 Å². The molecular formula is C14H15N5O2. The molecule has 3 aromatic rings. The third-order valence-electron chi connectivity index (χ3n) is 3.49. The highest BCUT2D eigenvalue weighted by molar-refractivity contribution is 5.79. The van der Waals surface area contributed by atoms with E-state index in [1.807, 2.05) is 38.1 Å². The van der Waals surface area contributed by atoms with Crippen LogP contribution >= 0.6 is 0 Å². The monoisotopic (exact) mass is 285 g/mol. The molecule has 0 atom stereocenters. The van der Waals surface area contributed by atoms with Gasteiger partial charge in [-0.15, -0.1) is 0 Å². The van der Waals surface area contributed by atoms with Crippen LogP contribution in [0.15, 0.2) is 24.3 Å². The van der Waals surface area contributed by atoms with E-state index in [9.17, 15) is 10.1 Å². The molecule has 0 radical (unpaired) electrons. The number of aryl methyl sites for hydroxylation is 3. The molecule has 0 N–H and O–H groups in total. The molecule has 3 rings (SSSR count). The Kier molecular flexibility index (Phi) is 2.97. The number of aromatic nitrogens is 4. The van der Waals surface area contributed by atoms with Crippen LogP contribution in [-0.4, -0.2) is 24.3 Å². The summed E-state index contributed by atoms with van der Waals surface area (Å²) in [5.74, 6) is 1.17. The maximum Gasteiger partial charge on any atom is 0.334 e. The summed E-state index contributed by atoms with van der Waals surface area (Å²) in [7, 11) is 0. The fraction of sp³-hybridized carbons (Fsp3) is 0.286. The maximum absolute atomic E-state index is 11.4. The quantitative estimate of drug-likeness (QED) is 0.547. The van der Waals surface area contributed by atoms with Gasteiger partial charge in [0, 0.05) is 6.54 Å². The molecular weight excluding hydrogens is 270 g/mol. The van der Waals surface area contributed by atoms with Crippen LogP contribution in [0.5, 0.6) is 0 Å². The first-order valence-corrected chi connectivity index (χ1v) is 6.70. The fourth-order valence-corrected chi connectivity index (χ4v) is 2.63. The van der Waals surface area contributed by atoms with Crippen molar-refractivity contribution in [3.63, 3.8) is 0 Å². The smallest absolute Gasteiger partial charge is 0.275 e. The zero-order chi connectivity index (χ0) is 15.1. The molecule has 0 aliphatic heterocycles. The lowest BCUT2D eigenvalue weighted by Gasteiger charge is -2.08. The molecule has 21 heavy (non-hydrogen) atoms. The molecule has 7 heteroatoms. The number of nitro groups is 1. The van der Waals surface area contributed by atoms with Gasteiger partial charge in [-0.2, -0.15) is 5.10 Å². The Morgan fingerprint density at radius 1 is 1.29 bits per heavy atom. The second-order valence-corrected chi connectivity index (χ2v) is 4.81. The predicted octanol–water partition coefficient (Wildman–Crippen LogP) is 2.77. The van der Waals surface area contributed by atoms with Crippen molar-refractivity contribution in [2.75, 3.05) is 0 Å². The van der Waals surface area contributed by atoms with Crippen molar-refractivity contribution in [2.45, 2.75) is 27.3 Å². The van der Waals surface area contributed by atoms with Crippen molar-refractivity contribution >= 4 is 16.7 Å². The Bertz CT molecular complexity index is 847. The second-order valence-electron chi connectivity index (χ2n) is 4.81. The standard InChI is InChI=1S/C14H15N5O2/c1-4-17-14(13(19(20)21)9(2)16-17)18-10(3)15-11-7-5-6-8-12(11)18/h5-8H,4H2,1-3H3. The van der Waals surface area contributed by atoms with Gasteiger partial charge in [0.05, 0.1) is 16.0 Å². The first-order chi connectivity index (χ1) is 10.0. The lowest BCUT2D eigenvalue weighted by atomic mass is 10.3. The highest BCUT2D eigenvalue weighted by Gasteiger charge is 2.28. The summed E-state index contributed by atoms with van der Waals surface area (Å²) in [6.45, 7) is 5.96. The number of imidazole rings is 1. The molecule has 0 saturated heterocycles. The van der Waals surface area contributed by atoms with Crippen molar-refractivity contribution in [3.05, 3.63) is 45.9 Å². The molecule has 108 valence electrons. The average molecular weight is 285 g/mol. The van der Waals surface area contributed by atoms with E-state index in [4.69, 9.17) is 0 Å². The number of hydrogen-bond donors (Lipinski definition) is 0. The Morgan fingerprint density at radius 2 is 2.00 bits per heavy atom. The summed E-state index contributed by atoms with van der Waals surface area (Å²) >= 11 is 0. The summed E-state index contributed by atoms with van der Waals surface area (Å²) in [5, 5.41) is 15.7. The van der Waals surface area contributed by atoms with Gasteiger partial charge in [0.25, 0.3) is 0 Å². The van der Waals surface area contributed by atoms with Crippen molar-refractivity contribution in [3.8, 4) is 5.82 Å². The number of benzene rings is 1. The van der Waals surface area contributed by atoms with E-state index in [0.29, 0.717) is 23.9 Å². The zero-order valence-electron chi connectivity index (χ0n) is 12.1. The van der Waals surface area contributed by atoms with Gasteiger partial charge in [-0.1, -0.05) is 12.1 Å². The third kappa shape index (κ3) is 1.89. The van der Waals surface area contributed by atoms with Crippen LogP contribution in [0.3, 0.4) is 0 Å². The average Bonchev–Trinajstić information content (AvgIpc) is 2.94. The van der Waals surface area contributed by atoms with E-state index in [1.54, 1.807) is 16.2 Å². The van der Waals surface area contributed by atoms with Gasteiger partial charge in [-0.25, -0.2) is 9.67 Å². The van der Waals surface area contributed by atoms with E-state index in [2.05, 4.69) is 10.1 Å². The van der Waals surface area contributed by atoms with Crippen molar-refractivity contribution in [1.82, 2.24) is 19.3 Å². The second kappa shape index (κ2) is 4.69. The van der Waals surface area contributed by atoms with Gasteiger partial charge >= 0.3 is 5.69 Å². The molecule has 0 fully saturated rings. The van der Waals surface area contributed by atoms with E-state index >= 15 is 0 Å². The lowest BCUT2D eigenvalue weighted by Crippen LogP contribution is -2.09. The molecule has 0 saturated carbocycles. The Morgan fingerprint density at radius 3 is 2.67 bits per heavy atom. The SMILES string of the molecule is CCn1nc(C)c([N+](=O)[O-])c1-n1c(C)nc2ccccc21. The molecule has 2 heterocycles. The van der Waals surface area contributed by atoms with Crippen LogP contribution in [0.25, 0.3) is 16.9 Å². The zero-order valence-corrected chi connectivity index (χ0v) is 12.1. The van der Waals surface area contributed by atoms with Gasteiger partial charge in [0.1, 0.15) is 11.5 Å². The molecule has 2 aromatic heterocycles. The van der Waals surface area contributed by atoms with Gasteiger partial charge in [0.15, 0.2) is 0 Å². The summed E-state index contributed by atoms with van der Waals surface area (Å²) in [6, 6.07) is 7.59. The Labute approximate surface area is 121 Å². The van der Waals surface area contributed by atoms with E-state index in [1.165, 1.54) is 0 Å².